The summed E-state index contributed by atoms with van der Waals surface area (Å²) in [5.74, 6) is -0.507. The molecule has 0 bridgehead atoms. The Hall–Kier alpha value is -1.69. The molecule has 2 aromatic rings. The zero-order valence-corrected chi connectivity index (χ0v) is 10.0. The number of rotatable bonds is 4. The van der Waals surface area contributed by atoms with Crippen molar-refractivity contribution < 1.29 is 13.9 Å². The fraction of sp³-hybridized carbons (Fsp3) is 0.273. The van der Waals surface area contributed by atoms with Crippen LogP contribution in [0.4, 0.5) is 4.39 Å². The number of thiophene rings is 1. The lowest BCUT2D eigenvalue weighted by molar-refractivity contribution is 0.0586. The predicted octanol–water partition coefficient (Wildman–Crippen LogP) is 2.37. The molecule has 0 amide bonds. The summed E-state index contributed by atoms with van der Waals surface area (Å²) in [6.45, 7) is -0.524. The Morgan fingerprint density at radius 2 is 2.47 bits per heavy atom. The molecule has 0 N–H and O–H groups in total. The van der Waals surface area contributed by atoms with E-state index < -0.39 is 12.6 Å². The van der Waals surface area contributed by atoms with E-state index in [2.05, 4.69) is 9.84 Å². The average Bonchev–Trinajstić information content (AvgIpc) is 2.96. The first-order valence-electron chi connectivity index (χ1n) is 5.01. The molecule has 4 nitrogen and oxygen atoms in total. The van der Waals surface area contributed by atoms with Crippen molar-refractivity contribution in [2.24, 2.45) is 0 Å². The largest absolute Gasteiger partial charge is 0.464 e. The summed E-state index contributed by atoms with van der Waals surface area (Å²) in [5.41, 5.74) is 1.84. The van der Waals surface area contributed by atoms with Gasteiger partial charge in [0, 0.05) is 10.9 Å². The average molecular weight is 254 g/mol. The lowest BCUT2D eigenvalue weighted by atomic mass is 10.2. The van der Waals surface area contributed by atoms with E-state index >= 15 is 0 Å². The highest BCUT2D eigenvalue weighted by atomic mass is 32.1. The first-order chi connectivity index (χ1) is 8.26. The van der Waals surface area contributed by atoms with Crippen molar-refractivity contribution >= 4 is 17.3 Å². The van der Waals surface area contributed by atoms with Crippen LogP contribution >= 0.6 is 11.3 Å². The van der Waals surface area contributed by atoms with E-state index in [0.717, 1.165) is 5.56 Å². The maximum absolute atomic E-state index is 12.4. The molecule has 90 valence electrons. The number of esters is 1. The van der Waals surface area contributed by atoms with Crippen molar-refractivity contribution in [2.45, 2.75) is 6.54 Å². The van der Waals surface area contributed by atoms with Crippen LogP contribution in [-0.2, 0) is 11.3 Å². The van der Waals surface area contributed by atoms with Crippen LogP contribution in [0.5, 0.6) is 0 Å². The lowest BCUT2D eigenvalue weighted by Crippen LogP contribution is -2.12. The summed E-state index contributed by atoms with van der Waals surface area (Å²) < 4.78 is 18.3. The molecule has 0 aliphatic carbocycles. The van der Waals surface area contributed by atoms with Gasteiger partial charge in [-0.15, -0.1) is 0 Å². The molecule has 0 saturated heterocycles. The quantitative estimate of drug-likeness (QED) is 0.787. The second kappa shape index (κ2) is 5.09. The molecule has 0 fully saturated rings. The van der Waals surface area contributed by atoms with Gasteiger partial charge in [0.1, 0.15) is 12.4 Å². The topological polar surface area (TPSA) is 44.1 Å². The third-order valence-electron chi connectivity index (χ3n) is 2.29. The molecule has 0 aliphatic heterocycles. The number of methoxy groups -OCH3 is 1. The summed E-state index contributed by atoms with van der Waals surface area (Å²) >= 11 is 1.54. The number of hydrogen-bond donors (Lipinski definition) is 0. The number of alkyl halides is 1. The number of ether oxygens (including phenoxy) is 1. The number of nitrogens with zero attached hydrogens (tertiary/aromatic N) is 2. The second-order valence-corrected chi connectivity index (χ2v) is 4.11. The number of carbonyl (C=O) groups excluding carboxylic acids is 1. The Morgan fingerprint density at radius 1 is 1.65 bits per heavy atom. The van der Waals surface area contributed by atoms with Crippen molar-refractivity contribution in [3.63, 3.8) is 0 Å². The smallest absolute Gasteiger partial charge is 0.356 e. The van der Waals surface area contributed by atoms with Crippen molar-refractivity contribution in [2.75, 3.05) is 13.8 Å². The van der Waals surface area contributed by atoms with Crippen LogP contribution in [0.15, 0.2) is 22.9 Å². The van der Waals surface area contributed by atoms with Gasteiger partial charge in [0.05, 0.1) is 19.3 Å². The lowest BCUT2D eigenvalue weighted by Gasteiger charge is -2.01. The maximum atomic E-state index is 12.4. The Morgan fingerprint density at radius 3 is 3.06 bits per heavy atom. The minimum absolute atomic E-state index is 0.0502. The van der Waals surface area contributed by atoms with Crippen molar-refractivity contribution in [3.8, 4) is 11.3 Å². The fourth-order valence-electron chi connectivity index (χ4n) is 1.49. The van der Waals surface area contributed by atoms with Crippen LogP contribution in [0, 0.1) is 0 Å². The van der Waals surface area contributed by atoms with Gasteiger partial charge in [-0.05, 0) is 17.5 Å². The molecular weight excluding hydrogens is 243 g/mol. The third kappa shape index (κ3) is 2.36. The van der Waals surface area contributed by atoms with E-state index in [-0.39, 0.29) is 12.2 Å². The molecule has 0 saturated carbocycles. The standard InChI is InChI=1S/C11H11FN2O2S/c1-16-11(15)10-6-9(8-2-5-17-7-8)13-14(10)4-3-12/h2,5-7H,3-4H2,1H3. The zero-order valence-electron chi connectivity index (χ0n) is 9.22. The Labute approximate surface area is 102 Å². The molecule has 6 heteroatoms. The molecule has 17 heavy (non-hydrogen) atoms. The summed E-state index contributed by atoms with van der Waals surface area (Å²) in [7, 11) is 1.29. The maximum Gasteiger partial charge on any atom is 0.356 e. The van der Waals surface area contributed by atoms with Crippen LogP contribution in [-0.4, -0.2) is 29.5 Å². The minimum atomic E-state index is -0.575. The van der Waals surface area contributed by atoms with Gasteiger partial charge in [-0.25, -0.2) is 9.18 Å². The van der Waals surface area contributed by atoms with E-state index in [9.17, 15) is 9.18 Å². The molecule has 0 aromatic carbocycles. The second-order valence-electron chi connectivity index (χ2n) is 3.33. The van der Waals surface area contributed by atoms with E-state index in [1.807, 2.05) is 16.8 Å². The summed E-state index contributed by atoms with van der Waals surface area (Å²) in [6, 6.07) is 3.51. The first-order valence-corrected chi connectivity index (χ1v) is 5.95. The molecule has 0 atom stereocenters. The molecule has 2 rings (SSSR count). The van der Waals surface area contributed by atoms with Gasteiger partial charge in [-0.2, -0.15) is 16.4 Å². The molecule has 0 unspecified atom stereocenters. The number of halogens is 1. The molecular formula is C11H11FN2O2S. The van der Waals surface area contributed by atoms with Crippen molar-refractivity contribution in [3.05, 3.63) is 28.6 Å². The molecule has 0 aliphatic rings. The zero-order chi connectivity index (χ0) is 12.3. The van der Waals surface area contributed by atoms with E-state index in [4.69, 9.17) is 0 Å². The van der Waals surface area contributed by atoms with Gasteiger partial charge in [0.15, 0.2) is 0 Å². The number of hydrogen-bond acceptors (Lipinski definition) is 4. The van der Waals surface area contributed by atoms with Crippen molar-refractivity contribution in [1.82, 2.24) is 9.78 Å². The van der Waals surface area contributed by atoms with Gasteiger partial charge in [-0.1, -0.05) is 0 Å². The Kier molecular flexibility index (Phi) is 3.53. The third-order valence-corrected chi connectivity index (χ3v) is 2.97. The number of aryl methyl sites for hydroxylation is 1. The highest BCUT2D eigenvalue weighted by molar-refractivity contribution is 7.08. The van der Waals surface area contributed by atoms with Gasteiger partial charge < -0.3 is 4.74 Å². The highest BCUT2D eigenvalue weighted by Crippen LogP contribution is 2.22. The SMILES string of the molecule is COC(=O)c1cc(-c2ccsc2)nn1CCF. The first kappa shape index (κ1) is 11.8. The minimum Gasteiger partial charge on any atom is -0.464 e. The Bertz CT molecular complexity index is 508. The molecule has 2 heterocycles. The summed E-state index contributed by atoms with van der Waals surface area (Å²) in [6.07, 6.45) is 0. The van der Waals surface area contributed by atoms with Crippen LogP contribution < -0.4 is 0 Å². The van der Waals surface area contributed by atoms with Crippen molar-refractivity contribution in [1.29, 1.82) is 0 Å². The monoisotopic (exact) mass is 254 g/mol. The van der Waals surface area contributed by atoms with Crippen LogP contribution in [0.1, 0.15) is 10.5 Å². The molecule has 0 radical (unpaired) electrons. The van der Waals surface area contributed by atoms with Gasteiger partial charge >= 0.3 is 5.97 Å². The van der Waals surface area contributed by atoms with Crippen LogP contribution in [0.2, 0.25) is 0 Å². The van der Waals surface area contributed by atoms with Gasteiger partial charge in [-0.3, -0.25) is 4.68 Å². The predicted molar refractivity (Wildman–Crippen MR) is 62.9 cm³/mol. The van der Waals surface area contributed by atoms with Crippen LogP contribution in [0.25, 0.3) is 11.3 Å². The number of carbonyl (C=O) groups is 1. The van der Waals surface area contributed by atoms with Gasteiger partial charge in [0.2, 0.25) is 0 Å². The van der Waals surface area contributed by atoms with E-state index in [1.54, 1.807) is 6.07 Å². The van der Waals surface area contributed by atoms with E-state index in [1.165, 1.54) is 23.1 Å². The fourth-order valence-corrected chi connectivity index (χ4v) is 2.14. The molecule has 2 aromatic heterocycles. The summed E-state index contributed by atoms with van der Waals surface area (Å²) in [4.78, 5) is 11.5. The van der Waals surface area contributed by atoms with Gasteiger partial charge in [0.25, 0.3) is 0 Å². The van der Waals surface area contributed by atoms with E-state index in [0.29, 0.717) is 5.69 Å². The number of aromatic nitrogens is 2. The normalized spacial score (nSPS) is 10.5. The highest BCUT2D eigenvalue weighted by Gasteiger charge is 2.16. The van der Waals surface area contributed by atoms with Crippen LogP contribution in [0.3, 0.4) is 0 Å². The summed E-state index contributed by atoms with van der Waals surface area (Å²) in [5, 5.41) is 8.03. The Balaban J connectivity index is 2.40. The molecule has 0 spiro atoms.